The van der Waals surface area contributed by atoms with Crippen molar-refractivity contribution in [1.82, 2.24) is 10.2 Å². The van der Waals surface area contributed by atoms with Gasteiger partial charge in [0.2, 0.25) is 5.91 Å². The van der Waals surface area contributed by atoms with Crippen LogP contribution in [0.1, 0.15) is 111 Å². The molecule has 0 heterocycles. The Morgan fingerprint density at radius 2 is 1.09 bits per heavy atom. The van der Waals surface area contributed by atoms with Gasteiger partial charge in [0, 0.05) is 6.42 Å². The lowest BCUT2D eigenvalue weighted by atomic mass is 10.1. The van der Waals surface area contributed by atoms with Crippen LogP contribution in [0.25, 0.3) is 0 Å². The van der Waals surface area contributed by atoms with E-state index in [1.54, 1.807) is 0 Å². The first kappa shape index (κ1) is 34.4. The number of hydrogen-bond acceptors (Lipinski definition) is 7. The third-order valence-electron chi connectivity index (χ3n) is 5.31. The Labute approximate surface area is 204 Å². The van der Waals surface area contributed by atoms with Gasteiger partial charge in [-0.2, -0.15) is 0 Å². The molecule has 202 valence electrons. The van der Waals surface area contributed by atoms with Crippen LogP contribution in [0.4, 0.5) is 0 Å². The highest BCUT2D eigenvalue weighted by Crippen LogP contribution is 2.12. The van der Waals surface area contributed by atoms with Crippen LogP contribution in [0.5, 0.6) is 0 Å². The lowest BCUT2D eigenvalue weighted by Gasteiger charge is -2.30. The van der Waals surface area contributed by atoms with Crippen molar-refractivity contribution in [3.63, 3.8) is 0 Å². The number of aliphatic carboxylic acids is 2. The molecule has 0 rings (SSSR count). The van der Waals surface area contributed by atoms with Crippen LogP contribution in [0.2, 0.25) is 0 Å². The van der Waals surface area contributed by atoms with Gasteiger partial charge in [-0.05, 0) is 27.2 Å². The Morgan fingerprint density at radius 3 is 1.38 bits per heavy atom. The van der Waals surface area contributed by atoms with Crippen LogP contribution < -0.4 is 5.32 Å². The van der Waals surface area contributed by atoms with Crippen LogP contribution in [-0.4, -0.2) is 73.0 Å². The average Bonchev–Trinajstić information content (AvgIpc) is 2.70. The minimum Gasteiger partial charge on any atom is -0.481 e. The maximum atomic E-state index is 11.6. The summed E-state index contributed by atoms with van der Waals surface area (Å²) in [5.41, 5.74) is 0. The quantitative estimate of drug-likeness (QED) is 0.117. The maximum Gasteiger partial charge on any atom is 0.326 e. The molecule has 0 aromatic carbocycles. The molecule has 0 fully saturated rings. The number of carbonyl (C=O) groups excluding carboxylic acids is 1. The Hall–Kier alpha value is -1.75. The first-order chi connectivity index (χ1) is 15.9. The second-order valence-electron chi connectivity index (χ2n) is 8.68. The smallest absolute Gasteiger partial charge is 0.326 e. The number of carbonyl (C=O) groups is 3. The van der Waals surface area contributed by atoms with Gasteiger partial charge in [0.1, 0.15) is 24.7 Å². The molecule has 4 atom stereocenters. The molecule has 0 spiro atoms. The number of aliphatic hydroxyl groups excluding tert-OH is 3. The summed E-state index contributed by atoms with van der Waals surface area (Å²) >= 11 is 0. The first-order valence-corrected chi connectivity index (χ1v) is 12.5. The molecule has 0 bridgehead atoms. The molecule has 10 nitrogen and oxygen atoms in total. The van der Waals surface area contributed by atoms with Gasteiger partial charge in [-0.15, -0.1) is 0 Å². The zero-order chi connectivity index (χ0) is 26.5. The fourth-order valence-corrected chi connectivity index (χ4v) is 3.53. The van der Waals surface area contributed by atoms with Crippen molar-refractivity contribution < 1.29 is 39.9 Å². The van der Waals surface area contributed by atoms with Crippen molar-refractivity contribution in [3.8, 4) is 0 Å². The van der Waals surface area contributed by atoms with E-state index in [1.165, 1.54) is 77.0 Å². The molecule has 0 saturated heterocycles. The van der Waals surface area contributed by atoms with Crippen molar-refractivity contribution in [2.75, 3.05) is 0 Å². The SMILES string of the molecule is CC(O)N(C(C)O)C(C)O.CCCCCCCCCCCCCC(=O)N[C@@H](CC(=O)O)C(=O)O. The fourth-order valence-electron chi connectivity index (χ4n) is 3.53. The average molecular weight is 493 g/mol. The molecule has 0 aromatic heterocycles. The number of unbranched alkanes of at least 4 members (excludes halogenated alkanes) is 10. The minimum atomic E-state index is -1.34. The van der Waals surface area contributed by atoms with E-state index in [9.17, 15) is 14.4 Å². The van der Waals surface area contributed by atoms with Gasteiger partial charge in [-0.3, -0.25) is 9.59 Å². The number of hydrogen-bond donors (Lipinski definition) is 6. The third-order valence-corrected chi connectivity index (χ3v) is 5.31. The van der Waals surface area contributed by atoms with E-state index in [0.717, 1.165) is 12.8 Å². The van der Waals surface area contributed by atoms with Crippen molar-refractivity contribution in [2.24, 2.45) is 0 Å². The third kappa shape index (κ3) is 20.8. The molecular weight excluding hydrogens is 444 g/mol. The van der Waals surface area contributed by atoms with Gasteiger partial charge in [-0.1, -0.05) is 71.1 Å². The molecule has 0 aliphatic rings. The largest absolute Gasteiger partial charge is 0.481 e. The zero-order valence-corrected chi connectivity index (χ0v) is 21.4. The van der Waals surface area contributed by atoms with Gasteiger partial charge in [0.05, 0.1) is 6.42 Å². The van der Waals surface area contributed by atoms with Gasteiger partial charge >= 0.3 is 11.9 Å². The van der Waals surface area contributed by atoms with Crippen molar-refractivity contribution in [2.45, 2.75) is 136 Å². The molecule has 6 N–H and O–H groups in total. The highest BCUT2D eigenvalue weighted by molar-refractivity contribution is 5.86. The van der Waals surface area contributed by atoms with E-state index in [-0.39, 0.29) is 12.3 Å². The van der Waals surface area contributed by atoms with E-state index in [2.05, 4.69) is 12.2 Å². The molecule has 0 radical (unpaired) electrons. The maximum absolute atomic E-state index is 11.6. The predicted molar refractivity (Wildman–Crippen MR) is 130 cm³/mol. The van der Waals surface area contributed by atoms with E-state index in [4.69, 9.17) is 25.5 Å². The molecule has 34 heavy (non-hydrogen) atoms. The number of carboxylic acid groups (broad SMARTS) is 2. The van der Waals surface area contributed by atoms with E-state index < -0.39 is 43.1 Å². The van der Waals surface area contributed by atoms with Gasteiger partial charge in [0.25, 0.3) is 0 Å². The van der Waals surface area contributed by atoms with Crippen LogP contribution in [-0.2, 0) is 14.4 Å². The number of nitrogens with zero attached hydrogens (tertiary/aromatic N) is 1. The lowest BCUT2D eigenvalue weighted by molar-refractivity contribution is -0.159. The van der Waals surface area contributed by atoms with Gasteiger partial charge < -0.3 is 30.8 Å². The predicted octanol–water partition coefficient (Wildman–Crippen LogP) is 3.03. The molecule has 0 aliphatic heterocycles. The Kier molecular flexibility index (Phi) is 22.0. The standard InChI is InChI=1S/C18H33NO5.C6H15NO3/c1-2-3-4-5-6-7-8-9-10-11-12-13-16(20)19-15(18(23)24)14-17(21)22;1-4(8)7(5(2)9)6(3)10/h15H,2-14H2,1H3,(H,19,20)(H,21,22)(H,23,24);4-6,8-10H,1-3H3/t15-;/m0./s1. The van der Waals surface area contributed by atoms with Crippen molar-refractivity contribution >= 4 is 17.8 Å². The summed E-state index contributed by atoms with van der Waals surface area (Å²) in [4.78, 5) is 34.2. The van der Waals surface area contributed by atoms with E-state index >= 15 is 0 Å². The molecular formula is C24H48N2O8. The van der Waals surface area contributed by atoms with Crippen molar-refractivity contribution in [1.29, 1.82) is 0 Å². The van der Waals surface area contributed by atoms with Crippen LogP contribution in [0.15, 0.2) is 0 Å². The number of aliphatic hydroxyl groups is 3. The Bertz CT molecular complexity index is 522. The number of rotatable bonds is 19. The number of amides is 1. The zero-order valence-electron chi connectivity index (χ0n) is 21.4. The van der Waals surface area contributed by atoms with Gasteiger partial charge in [-0.25, -0.2) is 9.69 Å². The van der Waals surface area contributed by atoms with Gasteiger partial charge in [0.15, 0.2) is 0 Å². The Morgan fingerprint density at radius 1 is 0.706 bits per heavy atom. The summed E-state index contributed by atoms with van der Waals surface area (Å²) in [6, 6.07) is -1.34. The summed E-state index contributed by atoms with van der Waals surface area (Å²) in [7, 11) is 0. The summed E-state index contributed by atoms with van der Waals surface area (Å²) in [6.45, 7) is 6.67. The van der Waals surface area contributed by atoms with E-state index in [1.807, 2.05) is 0 Å². The topological polar surface area (TPSA) is 168 Å². The minimum absolute atomic E-state index is 0.250. The summed E-state index contributed by atoms with van der Waals surface area (Å²) in [5, 5.41) is 46.6. The summed E-state index contributed by atoms with van der Waals surface area (Å²) in [5.74, 6) is -2.94. The van der Waals surface area contributed by atoms with E-state index in [0.29, 0.717) is 6.42 Å². The Balaban J connectivity index is 0. The summed E-state index contributed by atoms with van der Waals surface area (Å²) in [6.07, 6.45) is 10.2. The molecule has 0 saturated carbocycles. The lowest BCUT2D eigenvalue weighted by Crippen LogP contribution is -2.45. The van der Waals surface area contributed by atoms with Crippen LogP contribution in [0.3, 0.4) is 0 Å². The number of nitrogens with one attached hydrogen (secondary N) is 1. The molecule has 0 aromatic rings. The number of carboxylic acids is 2. The molecule has 10 heteroatoms. The summed E-state index contributed by atoms with van der Waals surface area (Å²) < 4.78 is 0. The first-order valence-electron chi connectivity index (χ1n) is 12.5. The monoisotopic (exact) mass is 492 g/mol. The fraction of sp³-hybridized carbons (Fsp3) is 0.875. The second kappa shape index (κ2) is 21.8. The molecule has 1 amide bonds. The molecule has 0 aliphatic carbocycles. The molecule has 3 unspecified atom stereocenters. The highest BCUT2D eigenvalue weighted by Gasteiger charge is 2.22. The van der Waals surface area contributed by atoms with Crippen LogP contribution in [0, 0.1) is 0 Å². The normalized spacial score (nSPS) is 14.5. The highest BCUT2D eigenvalue weighted by atomic mass is 16.4. The second-order valence-corrected chi connectivity index (χ2v) is 8.68. The van der Waals surface area contributed by atoms with Crippen molar-refractivity contribution in [3.05, 3.63) is 0 Å². The van der Waals surface area contributed by atoms with Crippen LogP contribution >= 0.6 is 0 Å².